The van der Waals surface area contributed by atoms with Crippen LogP contribution in [0.3, 0.4) is 0 Å². The fraction of sp³-hybridized carbons (Fsp3) is 0.125. The van der Waals surface area contributed by atoms with Crippen molar-refractivity contribution >= 4 is 27.0 Å². The summed E-state index contributed by atoms with van der Waals surface area (Å²) < 4.78 is 0.931. The monoisotopic (exact) mass is 223 g/mol. The highest BCUT2D eigenvalue weighted by atomic mass is 79.9. The Morgan fingerprint density at radius 3 is 3.00 bits per heavy atom. The van der Waals surface area contributed by atoms with Crippen LogP contribution in [0.25, 0.3) is 11.0 Å². The second kappa shape index (κ2) is 2.79. The zero-order valence-electron chi connectivity index (χ0n) is 6.45. The lowest BCUT2D eigenvalue weighted by atomic mass is 10.3. The average molecular weight is 224 g/mol. The Morgan fingerprint density at radius 1 is 1.33 bits per heavy atom. The summed E-state index contributed by atoms with van der Waals surface area (Å²) in [6, 6.07) is 3.94. The average Bonchev–Trinajstić information content (AvgIpc) is 2.04. The summed E-state index contributed by atoms with van der Waals surface area (Å²) in [6.45, 7) is 1.93. The quantitative estimate of drug-likeness (QED) is 0.687. The Kier molecular flexibility index (Phi) is 1.77. The molecule has 0 amide bonds. The second-order valence-electron chi connectivity index (χ2n) is 2.52. The van der Waals surface area contributed by atoms with E-state index in [-0.39, 0.29) is 0 Å². The van der Waals surface area contributed by atoms with Crippen molar-refractivity contribution in [2.24, 2.45) is 0 Å². The van der Waals surface area contributed by atoms with E-state index in [1.807, 2.05) is 19.1 Å². The van der Waals surface area contributed by atoms with Crippen molar-refractivity contribution in [1.82, 2.24) is 15.2 Å². The highest BCUT2D eigenvalue weighted by Gasteiger charge is 2.00. The largest absolute Gasteiger partial charge is 0.232 e. The Labute approximate surface area is 78.0 Å². The van der Waals surface area contributed by atoms with E-state index in [2.05, 4.69) is 31.1 Å². The first-order valence-electron chi connectivity index (χ1n) is 3.52. The fourth-order valence-corrected chi connectivity index (χ4v) is 1.41. The number of hydrogen-bond acceptors (Lipinski definition) is 3. The lowest BCUT2D eigenvalue weighted by molar-refractivity contribution is 1.03. The molecule has 60 valence electrons. The SMILES string of the molecule is Cc1ccc2c(Br)cnnc2n1. The first kappa shape index (κ1) is 7.61. The number of halogens is 1. The molecule has 0 saturated carbocycles. The molecule has 0 spiro atoms. The molecule has 4 heteroatoms. The maximum absolute atomic E-state index is 4.23. The van der Waals surface area contributed by atoms with Crippen LogP contribution in [0.1, 0.15) is 5.69 Å². The minimum Gasteiger partial charge on any atom is -0.232 e. The molecule has 0 atom stereocenters. The number of rotatable bonds is 0. The first-order chi connectivity index (χ1) is 5.77. The number of fused-ring (bicyclic) bond motifs is 1. The predicted molar refractivity (Wildman–Crippen MR) is 49.8 cm³/mol. The van der Waals surface area contributed by atoms with Crippen LogP contribution >= 0.6 is 15.9 Å². The Bertz CT molecular complexity index is 428. The summed E-state index contributed by atoms with van der Waals surface area (Å²) in [5, 5.41) is 8.70. The van der Waals surface area contributed by atoms with E-state index in [1.54, 1.807) is 6.20 Å². The van der Waals surface area contributed by atoms with Gasteiger partial charge >= 0.3 is 0 Å². The Hall–Kier alpha value is -1.03. The van der Waals surface area contributed by atoms with Crippen molar-refractivity contribution in [3.8, 4) is 0 Å². The van der Waals surface area contributed by atoms with Crippen LogP contribution in [0.5, 0.6) is 0 Å². The minimum absolute atomic E-state index is 0.685. The van der Waals surface area contributed by atoms with Gasteiger partial charge in [-0.2, -0.15) is 5.10 Å². The van der Waals surface area contributed by atoms with Crippen molar-refractivity contribution < 1.29 is 0 Å². The van der Waals surface area contributed by atoms with Crippen LogP contribution in [0, 0.1) is 6.92 Å². The van der Waals surface area contributed by atoms with E-state index < -0.39 is 0 Å². The number of nitrogens with zero attached hydrogens (tertiary/aromatic N) is 3. The normalized spacial score (nSPS) is 10.5. The zero-order valence-corrected chi connectivity index (χ0v) is 8.04. The Morgan fingerprint density at radius 2 is 2.17 bits per heavy atom. The first-order valence-corrected chi connectivity index (χ1v) is 4.31. The molecule has 2 heterocycles. The van der Waals surface area contributed by atoms with Gasteiger partial charge in [-0.15, -0.1) is 5.10 Å². The van der Waals surface area contributed by atoms with Gasteiger partial charge in [0.05, 0.1) is 6.20 Å². The summed E-state index contributed by atoms with van der Waals surface area (Å²) in [5.74, 6) is 0. The lowest BCUT2D eigenvalue weighted by Gasteiger charge is -1.97. The van der Waals surface area contributed by atoms with Crippen molar-refractivity contribution in [3.63, 3.8) is 0 Å². The van der Waals surface area contributed by atoms with Crippen LogP contribution in [0.15, 0.2) is 22.8 Å². The molecule has 0 aliphatic heterocycles. The van der Waals surface area contributed by atoms with Gasteiger partial charge in [-0.25, -0.2) is 4.98 Å². The molecule has 0 aliphatic carbocycles. The standard InChI is InChI=1S/C8H6BrN3/c1-5-2-3-6-7(9)4-10-12-8(6)11-5/h2-4H,1H3. The number of pyridine rings is 1. The third kappa shape index (κ3) is 1.18. The summed E-state index contributed by atoms with van der Waals surface area (Å²) in [5.41, 5.74) is 1.64. The third-order valence-corrected chi connectivity index (χ3v) is 2.23. The molecule has 2 aromatic rings. The van der Waals surface area contributed by atoms with Gasteiger partial charge in [-0.05, 0) is 35.0 Å². The van der Waals surface area contributed by atoms with Crippen molar-refractivity contribution in [3.05, 3.63) is 28.5 Å². The smallest absolute Gasteiger partial charge is 0.183 e. The maximum atomic E-state index is 4.23. The van der Waals surface area contributed by atoms with Gasteiger partial charge in [0.15, 0.2) is 5.65 Å². The van der Waals surface area contributed by atoms with Gasteiger partial charge in [0.2, 0.25) is 0 Å². The molecule has 3 nitrogen and oxygen atoms in total. The van der Waals surface area contributed by atoms with Gasteiger partial charge in [-0.1, -0.05) is 0 Å². The van der Waals surface area contributed by atoms with E-state index >= 15 is 0 Å². The molecule has 2 aromatic heterocycles. The topological polar surface area (TPSA) is 38.7 Å². The van der Waals surface area contributed by atoms with Crippen LogP contribution in [-0.4, -0.2) is 15.2 Å². The van der Waals surface area contributed by atoms with Crippen LogP contribution < -0.4 is 0 Å². The van der Waals surface area contributed by atoms with Crippen LogP contribution in [0.4, 0.5) is 0 Å². The molecular weight excluding hydrogens is 218 g/mol. The number of hydrogen-bond donors (Lipinski definition) is 0. The van der Waals surface area contributed by atoms with Gasteiger partial charge in [0.25, 0.3) is 0 Å². The van der Waals surface area contributed by atoms with Gasteiger partial charge in [0.1, 0.15) is 0 Å². The molecule has 2 rings (SSSR count). The predicted octanol–water partition coefficient (Wildman–Crippen LogP) is 2.10. The van der Waals surface area contributed by atoms with Crippen molar-refractivity contribution in [2.75, 3.05) is 0 Å². The summed E-state index contributed by atoms with van der Waals surface area (Å²) >= 11 is 3.38. The molecule has 0 unspecified atom stereocenters. The van der Waals surface area contributed by atoms with E-state index in [9.17, 15) is 0 Å². The fourth-order valence-electron chi connectivity index (χ4n) is 1.01. The summed E-state index contributed by atoms with van der Waals surface area (Å²) in [4.78, 5) is 4.23. The van der Waals surface area contributed by atoms with Crippen molar-refractivity contribution in [2.45, 2.75) is 6.92 Å². The molecule has 0 aromatic carbocycles. The van der Waals surface area contributed by atoms with Gasteiger partial charge in [-0.3, -0.25) is 0 Å². The van der Waals surface area contributed by atoms with E-state index in [1.165, 1.54) is 0 Å². The van der Waals surface area contributed by atoms with Gasteiger partial charge < -0.3 is 0 Å². The molecule has 0 radical (unpaired) electrons. The van der Waals surface area contributed by atoms with E-state index in [0.29, 0.717) is 5.65 Å². The molecular formula is C8H6BrN3. The molecule has 12 heavy (non-hydrogen) atoms. The highest BCUT2D eigenvalue weighted by molar-refractivity contribution is 9.10. The molecule has 0 bridgehead atoms. The molecule has 0 N–H and O–H groups in total. The van der Waals surface area contributed by atoms with Crippen LogP contribution in [0.2, 0.25) is 0 Å². The second-order valence-corrected chi connectivity index (χ2v) is 3.37. The highest BCUT2D eigenvalue weighted by Crippen LogP contribution is 2.18. The molecule has 0 aliphatic rings. The van der Waals surface area contributed by atoms with Crippen LogP contribution in [-0.2, 0) is 0 Å². The maximum Gasteiger partial charge on any atom is 0.183 e. The minimum atomic E-state index is 0.685. The van der Waals surface area contributed by atoms with Gasteiger partial charge in [0, 0.05) is 15.6 Å². The molecule has 0 saturated heterocycles. The summed E-state index contributed by atoms with van der Waals surface area (Å²) in [6.07, 6.45) is 1.67. The third-order valence-electron chi connectivity index (χ3n) is 1.60. The number of aryl methyl sites for hydroxylation is 1. The van der Waals surface area contributed by atoms with Crippen molar-refractivity contribution in [1.29, 1.82) is 0 Å². The van der Waals surface area contributed by atoms with E-state index in [0.717, 1.165) is 15.6 Å². The zero-order chi connectivity index (χ0) is 8.55. The molecule has 0 fully saturated rings. The Balaban J connectivity index is 2.86. The van der Waals surface area contributed by atoms with E-state index in [4.69, 9.17) is 0 Å². The lowest BCUT2D eigenvalue weighted by Crippen LogP contribution is -1.89. The number of aromatic nitrogens is 3. The summed E-state index contributed by atoms with van der Waals surface area (Å²) in [7, 11) is 0.